The van der Waals surface area contributed by atoms with E-state index in [-0.39, 0.29) is 41.3 Å². The minimum atomic E-state index is -1.20. The van der Waals surface area contributed by atoms with Crippen LogP contribution in [-0.4, -0.2) is 47.4 Å². The van der Waals surface area contributed by atoms with Crippen LogP contribution in [0.15, 0.2) is 78.4 Å². The number of ketones is 2. The predicted octanol–water partition coefficient (Wildman–Crippen LogP) is 6.60. The van der Waals surface area contributed by atoms with Gasteiger partial charge >= 0.3 is 0 Å². The van der Waals surface area contributed by atoms with Gasteiger partial charge in [0.05, 0.1) is 12.2 Å². The highest BCUT2D eigenvalue weighted by atomic mass is 16.7. The van der Waals surface area contributed by atoms with Gasteiger partial charge in [-0.05, 0) is 92.5 Å². The van der Waals surface area contributed by atoms with Crippen molar-refractivity contribution in [2.45, 2.75) is 83.4 Å². The summed E-state index contributed by atoms with van der Waals surface area (Å²) in [5, 5.41) is 11.9. The van der Waals surface area contributed by atoms with E-state index in [1.165, 1.54) is 0 Å². The van der Waals surface area contributed by atoms with Gasteiger partial charge in [0.15, 0.2) is 17.7 Å². The summed E-state index contributed by atoms with van der Waals surface area (Å²) in [5.74, 6) is 2.15. The van der Waals surface area contributed by atoms with Crippen molar-refractivity contribution in [3.63, 3.8) is 0 Å². The van der Waals surface area contributed by atoms with E-state index in [0.717, 1.165) is 30.6 Å². The Morgan fingerprint density at radius 3 is 2.52 bits per heavy atom. The van der Waals surface area contributed by atoms with E-state index in [2.05, 4.69) is 20.8 Å². The lowest BCUT2D eigenvalue weighted by atomic mass is 9.46. The molecule has 2 aromatic carbocycles. The maximum absolute atomic E-state index is 14.4. The van der Waals surface area contributed by atoms with Crippen LogP contribution in [0.5, 0.6) is 17.2 Å². The molecule has 0 bridgehead atoms. The maximum atomic E-state index is 14.4. The zero-order valence-corrected chi connectivity index (χ0v) is 25.7. The Morgan fingerprint density at radius 1 is 1.05 bits per heavy atom. The number of hydrogen-bond acceptors (Lipinski definition) is 7. The molecule has 4 fully saturated rings. The molecule has 1 saturated heterocycles. The van der Waals surface area contributed by atoms with Gasteiger partial charge in [-0.2, -0.15) is 0 Å². The van der Waals surface area contributed by atoms with Crippen molar-refractivity contribution in [2.75, 3.05) is 6.61 Å². The first kappa shape index (κ1) is 29.5. The molecule has 0 aromatic heterocycles. The quantitative estimate of drug-likeness (QED) is 0.366. The van der Waals surface area contributed by atoms with Crippen LogP contribution in [0.4, 0.5) is 0 Å². The Morgan fingerprint density at radius 2 is 1.77 bits per heavy atom. The van der Waals surface area contributed by atoms with Gasteiger partial charge in [0.2, 0.25) is 5.78 Å². The van der Waals surface area contributed by atoms with Gasteiger partial charge in [-0.1, -0.05) is 57.0 Å². The minimum Gasteiger partial charge on any atom is -0.486 e. The Kier molecular flexibility index (Phi) is 7.34. The Balaban J connectivity index is 1.14. The van der Waals surface area contributed by atoms with Crippen molar-refractivity contribution in [2.24, 2.45) is 28.6 Å². The van der Waals surface area contributed by atoms with E-state index in [9.17, 15) is 14.7 Å². The van der Waals surface area contributed by atoms with Crippen molar-refractivity contribution >= 4 is 11.6 Å². The molecular formula is C37H42O7. The van der Waals surface area contributed by atoms with Crippen LogP contribution in [-0.2, 0) is 19.1 Å². The van der Waals surface area contributed by atoms with Crippen LogP contribution in [0.25, 0.3) is 0 Å². The molecule has 1 aliphatic heterocycles. The molecule has 2 aromatic rings. The molecule has 0 spiro atoms. The summed E-state index contributed by atoms with van der Waals surface area (Å²) in [6.45, 7) is 6.23. The third-order valence-corrected chi connectivity index (χ3v) is 11.4. The van der Waals surface area contributed by atoms with Crippen molar-refractivity contribution in [3.05, 3.63) is 78.4 Å². The lowest BCUT2D eigenvalue weighted by molar-refractivity contribution is -0.200. The molecule has 1 N–H and O–H groups in total. The van der Waals surface area contributed by atoms with Crippen LogP contribution in [0.2, 0.25) is 0 Å². The molecule has 9 atom stereocenters. The Bertz CT molecular complexity index is 1480. The fourth-order valence-electron chi connectivity index (χ4n) is 9.49. The minimum absolute atomic E-state index is 0.0214. The molecule has 232 valence electrons. The first-order chi connectivity index (χ1) is 21.2. The summed E-state index contributed by atoms with van der Waals surface area (Å²) in [6.07, 6.45) is 8.33. The number of para-hydroxylation sites is 1. The molecule has 7 nitrogen and oxygen atoms in total. The van der Waals surface area contributed by atoms with E-state index in [1.54, 1.807) is 24.3 Å². The number of aliphatic hydroxyl groups is 1. The SMILES string of the molecule is CCCC1O[C@@H]2CC3C4CCC5=CC(=O)C=CC5(C)C4[C@@H](O)CC3(C)[C@@]2(C(=O)COc2ccc(Oc3ccccc3)cc2)O1. The highest BCUT2D eigenvalue weighted by Crippen LogP contribution is 2.69. The summed E-state index contributed by atoms with van der Waals surface area (Å²) in [5.41, 5.74) is -1.09. The van der Waals surface area contributed by atoms with E-state index in [1.807, 2.05) is 48.5 Å². The highest BCUT2D eigenvalue weighted by molar-refractivity contribution is 6.01. The smallest absolute Gasteiger partial charge is 0.205 e. The van der Waals surface area contributed by atoms with E-state index in [0.29, 0.717) is 30.8 Å². The van der Waals surface area contributed by atoms with Crippen molar-refractivity contribution in [1.29, 1.82) is 0 Å². The summed E-state index contributed by atoms with van der Waals surface area (Å²) < 4.78 is 25.3. The van der Waals surface area contributed by atoms with E-state index in [4.69, 9.17) is 18.9 Å². The number of hydrogen-bond donors (Lipinski definition) is 1. The number of allylic oxidation sites excluding steroid dienone is 4. The van der Waals surface area contributed by atoms with E-state index < -0.39 is 29.5 Å². The predicted molar refractivity (Wildman–Crippen MR) is 164 cm³/mol. The van der Waals surface area contributed by atoms with Gasteiger partial charge in [0, 0.05) is 16.7 Å². The van der Waals surface area contributed by atoms with Crippen molar-refractivity contribution < 1.29 is 33.6 Å². The maximum Gasteiger partial charge on any atom is 0.205 e. The molecule has 5 aliphatic rings. The van der Waals surface area contributed by atoms with E-state index >= 15 is 0 Å². The second-order valence-electron chi connectivity index (χ2n) is 13.7. The Hall–Kier alpha value is -3.26. The van der Waals surface area contributed by atoms with Crippen LogP contribution in [0, 0.1) is 28.6 Å². The standard InChI is InChI=1S/C37H42O7/c1-4-8-33-43-32-20-29-28-16-11-23-19-24(38)17-18-35(23,2)34(28)30(39)21-36(29,3)37(32,44-33)31(40)22-41-25-12-14-27(15-13-25)42-26-9-6-5-7-10-26/h5-7,9-10,12-15,17-19,28-30,32-34,39H,4,8,11,16,20-22H2,1-3H3/t28?,29?,30-,32+,33?,34?,35?,36?,37-/m0/s1. The van der Waals surface area contributed by atoms with Gasteiger partial charge in [-0.3, -0.25) is 9.59 Å². The number of ether oxygens (including phenoxy) is 4. The van der Waals surface area contributed by atoms with Gasteiger partial charge < -0.3 is 24.1 Å². The second kappa shape index (κ2) is 11.0. The summed E-state index contributed by atoms with van der Waals surface area (Å²) in [4.78, 5) is 26.6. The largest absolute Gasteiger partial charge is 0.486 e. The number of rotatable bonds is 8. The summed E-state index contributed by atoms with van der Waals surface area (Å²) in [7, 11) is 0. The number of aliphatic hydroxyl groups excluding tert-OH is 1. The highest BCUT2D eigenvalue weighted by Gasteiger charge is 2.75. The number of carbonyl (C=O) groups excluding carboxylic acids is 2. The zero-order chi connectivity index (χ0) is 30.7. The molecule has 7 rings (SSSR count). The molecule has 7 heteroatoms. The molecule has 0 radical (unpaired) electrons. The first-order valence-corrected chi connectivity index (χ1v) is 16.1. The van der Waals surface area contributed by atoms with Crippen LogP contribution in [0.1, 0.15) is 59.3 Å². The average Bonchev–Trinajstić information content (AvgIpc) is 3.49. The topological polar surface area (TPSA) is 91.3 Å². The van der Waals surface area contributed by atoms with Crippen LogP contribution < -0.4 is 9.47 Å². The number of Topliss-reactive ketones (excluding diaryl/α,β-unsaturated/α-hetero) is 1. The molecule has 1 heterocycles. The van der Waals surface area contributed by atoms with Gasteiger partial charge in [-0.25, -0.2) is 0 Å². The fourth-order valence-corrected chi connectivity index (χ4v) is 9.49. The van der Waals surface area contributed by atoms with Gasteiger partial charge in [-0.15, -0.1) is 0 Å². The lowest BCUT2D eigenvalue weighted by Gasteiger charge is -2.59. The van der Waals surface area contributed by atoms with Crippen molar-refractivity contribution in [1.82, 2.24) is 0 Å². The van der Waals surface area contributed by atoms with Crippen LogP contribution >= 0.6 is 0 Å². The lowest BCUT2D eigenvalue weighted by Crippen LogP contribution is -2.63. The molecule has 44 heavy (non-hydrogen) atoms. The number of fused-ring (bicyclic) bond motifs is 7. The molecule has 6 unspecified atom stereocenters. The van der Waals surface area contributed by atoms with Crippen LogP contribution in [0.3, 0.4) is 0 Å². The monoisotopic (exact) mass is 598 g/mol. The number of benzene rings is 2. The average molecular weight is 599 g/mol. The first-order valence-electron chi connectivity index (χ1n) is 16.1. The van der Waals surface area contributed by atoms with Gasteiger partial charge in [0.1, 0.15) is 23.9 Å². The molecule has 4 aliphatic carbocycles. The molecule has 3 saturated carbocycles. The summed E-state index contributed by atoms with van der Waals surface area (Å²) in [6, 6.07) is 16.8. The van der Waals surface area contributed by atoms with Gasteiger partial charge in [0.25, 0.3) is 0 Å². The number of carbonyl (C=O) groups is 2. The zero-order valence-electron chi connectivity index (χ0n) is 25.7. The summed E-state index contributed by atoms with van der Waals surface area (Å²) >= 11 is 0. The fraction of sp³-hybridized carbons (Fsp3) is 0.514. The Labute approximate surface area is 259 Å². The molecular weight excluding hydrogens is 556 g/mol. The molecule has 0 amide bonds. The third-order valence-electron chi connectivity index (χ3n) is 11.4. The third kappa shape index (κ3) is 4.50. The normalized spacial score (nSPS) is 38.6. The second-order valence-corrected chi connectivity index (χ2v) is 13.7. The van der Waals surface area contributed by atoms with Crippen molar-refractivity contribution in [3.8, 4) is 17.2 Å².